The topological polar surface area (TPSA) is 57.6 Å². The van der Waals surface area contributed by atoms with E-state index in [0.29, 0.717) is 6.54 Å². The molecule has 94 valence electrons. The Balaban J connectivity index is 4.37. The predicted molar refractivity (Wildman–Crippen MR) is 63.2 cm³/mol. The van der Waals surface area contributed by atoms with Gasteiger partial charge >= 0.3 is 5.97 Å². The van der Waals surface area contributed by atoms with E-state index in [1.165, 1.54) is 4.90 Å². The van der Waals surface area contributed by atoms with Gasteiger partial charge in [0.05, 0.1) is 0 Å². The highest BCUT2D eigenvalue weighted by molar-refractivity contribution is 5.83. The van der Waals surface area contributed by atoms with Crippen LogP contribution in [0.5, 0.6) is 0 Å². The number of likely N-dealkylation sites (N-methyl/N-ethyl adjacent to an activating group) is 1. The first-order chi connectivity index (χ1) is 7.56. The minimum atomic E-state index is -0.944. The van der Waals surface area contributed by atoms with Crippen LogP contribution in [-0.2, 0) is 9.59 Å². The first-order valence-electron chi connectivity index (χ1n) is 6.07. The minimum absolute atomic E-state index is 0.0131. The quantitative estimate of drug-likeness (QED) is 0.693. The summed E-state index contributed by atoms with van der Waals surface area (Å²) >= 11 is 0. The Morgan fingerprint density at radius 3 is 2.25 bits per heavy atom. The maximum absolute atomic E-state index is 12.0. The summed E-state index contributed by atoms with van der Waals surface area (Å²) < 4.78 is 0. The Morgan fingerprint density at radius 2 is 1.88 bits per heavy atom. The standard InChI is InChI=1S/C12H23NO3/c1-4-7-8-10(5-2)12(16)13(6-3)9-11(14)15/h10H,4-9H2,1-3H3,(H,14,15). The van der Waals surface area contributed by atoms with Crippen LogP contribution in [0.1, 0.15) is 46.5 Å². The molecule has 1 atom stereocenters. The first-order valence-corrected chi connectivity index (χ1v) is 6.07. The molecule has 0 saturated carbocycles. The second-order valence-corrected chi connectivity index (χ2v) is 3.99. The highest BCUT2D eigenvalue weighted by Gasteiger charge is 2.22. The van der Waals surface area contributed by atoms with E-state index in [1.54, 1.807) is 0 Å². The van der Waals surface area contributed by atoms with Gasteiger partial charge < -0.3 is 10.0 Å². The lowest BCUT2D eigenvalue weighted by atomic mass is 9.98. The predicted octanol–water partition coefficient (Wildman–Crippen LogP) is 2.14. The molecule has 0 fully saturated rings. The largest absolute Gasteiger partial charge is 0.480 e. The number of unbranched alkanes of at least 4 members (excludes halogenated alkanes) is 1. The third kappa shape index (κ3) is 5.14. The monoisotopic (exact) mass is 229 g/mol. The van der Waals surface area contributed by atoms with Crippen molar-refractivity contribution in [3.05, 3.63) is 0 Å². The molecule has 0 aromatic carbocycles. The highest BCUT2D eigenvalue weighted by atomic mass is 16.4. The van der Waals surface area contributed by atoms with E-state index in [9.17, 15) is 9.59 Å². The molecule has 16 heavy (non-hydrogen) atoms. The lowest BCUT2D eigenvalue weighted by Gasteiger charge is -2.24. The van der Waals surface area contributed by atoms with Gasteiger partial charge in [0.15, 0.2) is 0 Å². The van der Waals surface area contributed by atoms with Gasteiger partial charge in [-0.15, -0.1) is 0 Å². The summed E-state index contributed by atoms with van der Waals surface area (Å²) in [6, 6.07) is 0. The smallest absolute Gasteiger partial charge is 0.323 e. The number of carbonyl (C=O) groups excluding carboxylic acids is 1. The van der Waals surface area contributed by atoms with Crippen molar-refractivity contribution in [3.63, 3.8) is 0 Å². The number of carboxylic acids is 1. The lowest BCUT2D eigenvalue weighted by molar-refractivity contribution is -0.146. The molecule has 0 rings (SSSR count). The van der Waals surface area contributed by atoms with Crippen LogP contribution in [0.2, 0.25) is 0 Å². The molecule has 1 unspecified atom stereocenters. The number of nitrogens with zero attached hydrogens (tertiary/aromatic N) is 1. The molecule has 4 heteroatoms. The van der Waals surface area contributed by atoms with E-state index >= 15 is 0 Å². The molecule has 0 heterocycles. The van der Waals surface area contributed by atoms with Gasteiger partial charge in [-0.2, -0.15) is 0 Å². The van der Waals surface area contributed by atoms with Crippen molar-refractivity contribution in [2.45, 2.75) is 46.5 Å². The normalized spacial score (nSPS) is 12.2. The minimum Gasteiger partial charge on any atom is -0.480 e. The van der Waals surface area contributed by atoms with Crippen LogP contribution in [0.15, 0.2) is 0 Å². The summed E-state index contributed by atoms with van der Waals surface area (Å²) in [5.41, 5.74) is 0. The van der Waals surface area contributed by atoms with Crippen molar-refractivity contribution < 1.29 is 14.7 Å². The van der Waals surface area contributed by atoms with E-state index in [4.69, 9.17) is 5.11 Å². The molecule has 0 aromatic rings. The van der Waals surface area contributed by atoms with E-state index in [2.05, 4.69) is 6.92 Å². The summed E-state index contributed by atoms with van der Waals surface area (Å²) in [5.74, 6) is -0.972. The molecule has 0 saturated heterocycles. The van der Waals surface area contributed by atoms with Gasteiger partial charge in [-0.05, 0) is 19.8 Å². The maximum Gasteiger partial charge on any atom is 0.323 e. The first kappa shape index (κ1) is 14.9. The number of hydrogen-bond donors (Lipinski definition) is 1. The fraction of sp³-hybridized carbons (Fsp3) is 0.833. The lowest BCUT2D eigenvalue weighted by Crippen LogP contribution is -2.39. The summed E-state index contributed by atoms with van der Waals surface area (Å²) in [6.07, 6.45) is 3.74. The molecule has 0 aromatic heterocycles. The van der Waals surface area contributed by atoms with Crippen LogP contribution in [0.3, 0.4) is 0 Å². The molecular formula is C12H23NO3. The van der Waals surface area contributed by atoms with Crippen molar-refractivity contribution in [1.29, 1.82) is 0 Å². The van der Waals surface area contributed by atoms with E-state index in [0.717, 1.165) is 25.7 Å². The van der Waals surface area contributed by atoms with Crippen molar-refractivity contribution in [2.75, 3.05) is 13.1 Å². The Kier molecular flexibility index (Phi) is 7.60. The van der Waals surface area contributed by atoms with Crippen LogP contribution in [-0.4, -0.2) is 35.0 Å². The van der Waals surface area contributed by atoms with Crippen molar-refractivity contribution in [1.82, 2.24) is 4.90 Å². The van der Waals surface area contributed by atoms with Gasteiger partial charge in [-0.1, -0.05) is 26.7 Å². The average molecular weight is 229 g/mol. The van der Waals surface area contributed by atoms with E-state index in [1.807, 2.05) is 13.8 Å². The van der Waals surface area contributed by atoms with Crippen LogP contribution >= 0.6 is 0 Å². The van der Waals surface area contributed by atoms with Gasteiger partial charge in [-0.25, -0.2) is 0 Å². The second-order valence-electron chi connectivity index (χ2n) is 3.99. The third-order valence-electron chi connectivity index (χ3n) is 2.77. The zero-order chi connectivity index (χ0) is 12.6. The molecule has 0 aliphatic heterocycles. The van der Waals surface area contributed by atoms with E-state index in [-0.39, 0.29) is 18.4 Å². The Labute approximate surface area is 97.6 Å². The Bertz CT molecular complexity index is 228. The highest BCUT2D eigenvalue weighted by Crippen LogP contribution is 2.15. The van der Waals surface area contributed by atoms with Gasteiger partial charge in [0.1, 0.15) is 6.54 Å². The Morgan fingerprint density at radius 1 is 1.25 bits per heavy atom. The Hall–Kier alpha value is -1.06. The van der Waals surface area contributed by atoms with Crippen LogP contribution in [0, 0.1) is 5.92 Å². The molecule has 0 aliphatic rings. The number of aliphatic carboxylic acids is 1. The third-order valence-corrected chi connectivity index (χ3v) is 2.77. The number of amides is 1. The van der Waals surface area contributed by atoms with Crippen molar-refractivity contribution in [2.24, 2.45) is 5.92 Å². The molecular weight excluding hydrogens is 206 g/mol. The van der Waals surface area contributed by atoms with Crippen molar-refractivity contribution >= 4 is 11.9 Å². The van der Waals surface area contributed by atoms with E-state index < -0.39 is 5.97 Å². The fourth-order valence-corrected chi connectivity index (χ4v) is 1.72. The average Bonchev–Trinajstić information content (AvgIpc) is 2.26. The van der Waals surface area contributed by atoms with Gasteiger partial charge in [0, 0.05) is 12.5 Å². The van der Waals surface area contributed by atoms with Crippen LogP contribution < -0.4 is 0 Å². The molecule has 1 N–H and O–H groups in total. The van der Waals surface area contributed by atoms with Gasteiger partial charge in [0.25, 0.3) is 0 Å². The van der Waals surface area contributed by atoms with Crippen LogP contribution in [0.4, 0.5) is 0 Å². The van der Waals surface area contributed by atoms with Gasteiger partial charge in [-0.3, -0.25) is 9.59 Å². The van der Waals surface area contributed by atoms with Gasteiger partial charge in [0.2, 0.25) is 5.91 Å². The molecule has 0 bridgehead atoms. The zero-order valence-electron chi connectivity index (χ0n) is 10.5. The second kappa shape index (κ2) is 8.13. The van der Waals surface area contributed by atoms with Crippen LogP contribution in [0.25, 0.3) is 0 Å². The number of carbonyl (C=O) groups is 2. The maximum atomic E-state index is 12.0. The molecule has 1 amide bonds. The van der Waals surface area contributed by atoms with Crippen molar-refractivity contribution in [3.8, 4) is 0 Å². The summed E-state index contributed by atoms with van der Waals surface area (Å²) in [5, 5.41) is 8.70. The summed E-state index contributed by atoms with van der Waals surface area (Å²) in [7, 11) is 0. The summed E-state index contributed by atoms with van der Waals surface area (Å²) in [6.45, 7) is 6.16. The molecule has 4 nitrogen and oxygen atoms in total. The number of rotatable bonds is 8. The molecule has 0 spiro atoms. The summed E-state index contributed by atoms with van der Waals surface area (Å²) in [4.78, 5) is 24.0. The number of carboxylic acid groups (broad SMARTS) is 1. The number of hydrogen-bond acceptors (Lipinski definition) is 2. The molecule has 0 aliphatic carbocycles. The SMILES string of the molecule is CCCCC(CC)C(=O)N(CC)CC(=O)O. The fourth-order valence-electron chi connectivity index (χ4n) is 1.72. The zero-order valence-corrected chi connectivity index (χ0v) is 10.5. The molecule has 0 radical (unpaired) electrons.